The predicted molar refractivity (Wildman–Crippen MR) is 104 cm³/mol. The van der Waals surface area contributed by atoms with Gasteiger partial charge in [0, 0.05) is 20.6 Å². The van der Waals surface area contributed by atoms with Gasteiger partial charge in [0.25, 0.3) is 0 Å². The summed E-state index contributed by atoms with van der Waals surface area (Å²) in [5, 5.41) is 3.92. The molecule has 18 heavy (non-hydrogen) atoms. The molecule has 6 heteroatoms. The van der Waals surface area contributed by atoms with E-state index in [9.17, 15) is 0 Å². The van der Waals surface area contributed by atoms with Crippen molar-refractivity contribution in [1.82, 2.24) is 0 Å². The second-order valence-corrected chi connectivity index (χ2v) is 19.2. The molecule has 0 nitrogen and oxygen atoms in total. The average molecular weight is 539 g/mol. The lowest BCUT2D eigenvalue weighted by atomic mass is 10.4. The largest absolute Gasteiger partial charge is 0.0843 e. The van der Waals surface area contributed by atoms with Crippen molar-refractivity contribution in [1.29, 1.82) is 0 Å². The second kappa shape index (κ2) is 7.38. The minimum atomic E-state index is -0.215. The fourth-order valence-electron chi connectivity index (χ4n) is 1.33. The fraction of sp³-hybridized carbons (Fsp3) is 0. The van der Waals surface area contributed by atoms with Crippen LogP contribution in [-0.4, -0.2) is 0 Å². The first-order valence-electron chi connectivity index (χ1n) is 5.01. The highest BCUT2D eigenvalue weighted by Crippen LogP contribution is 2.77. The van der Waals surface area contributed by atoms with E-state index in [1.807, 2.05) is 24.3 Å². The Morgan fingerprint density at radius 2 is 0.889 bits per heavy atom. The highest BCUT2D eigenvalue weighted by atomic mass is 127. The first-order valence-corrected chi connectivity index (χ1v) is 14.7. The number of hydrogen-bond donors (Lipinski definition) is 0. The average Bonchev–Trinajstić information content (AvgIpc) is 2.39. The zero-order valence-electron chi connectivity index (χ0n) is 9.03. The van der Waals surface area contributed by atoms with Crippen molar-refractivity contribution in [3.63, 3.8) is 0 Å². The van der Waals surface area contributed by atoms with Gasteiger partial charge in [-0.05, 0) is 79.0 Å². The van der Waals surface area contributed by atoms with Crippen LogP contribution in [0, 0.1) is 0 Å². The van der Waals surface area contributed by atoms with Crippen molar-refractivity contribution in [2.24, 2.45) is 0 Å². The van der Waals surface area contributed by atoms with Gasteiger partial charge in [-0.3, -0.25) is 0 Å². The van der Waals surface area contributed by atoms with E-state index >= 15 is 0 Å². The standard InChI is InChI=1S/C12H8Cl2I2P2/c13-9-1-5-11(6-2-9)17(15)18(16)12-7-3-10(14)4-8-12/h1-8H. The van der Waals surface area contributed by atoms with E-state index in [2.05, 4.69) is 68.3 Å². The van der Waals surface area contributed by atoms with E-state index in [0.29, 0.717) is 0 Å². The van der Waals surface area contributed by atoms with Gasteiger partial charge in [-0.15, -0.1) is 0 Å². The highest BCUT2D eigenvalue weighted by Gasteiger charge is 2.19. The molecule has 0 saturated carbocycles. The van der Waals surface area contributed by atoms with Crippen LogP contribution < -0.4 is 10.6 Å². The lowest BCUT2D eigenvalue weighted by Crippen LogP contribution is -1.99. The van der Waals surface area contributed by atoms with Crippen molar-refractivity contribution >= 4 is 88.4 Å². The Morgan fingerprint density at radius 1 is 0.611 bits per heavy atom. The molecule has 0 fully saturated rings. The Labute approximate surface area is 145 Å². The van der Waals surface area contributed by atoms with Crippen LogP contribution in [0.5, 0.6) is 0 Å². The Balaban J connectivity index is 2.20. The smallest absolute Gasteiger partial charge is 0.0406 e. The first-order chi connectivity index (χ1) is 8.58. The van der Waals surface area contributed by atoms with Crippen LogP contribution in [0.2, 0.25) is 10.0 Å². The molecule has 94 valence electrons. The fourth-order valence-corrected chi connectivity index (χ4v) is 11.2. The van der Waals surface area contributed by atoms with Gasteiger partial charge in [0.05, 0.1) is 0 Å². The van der Waals surface area contributed by atoms with E-state index in [1.54, 1.807) is 0 Å². The zero-order valence-corrected chi connectivity index (χ0v) is 16.6. The zero-order chi connectivity index (χ0) is 13.1. The Morgan fingerprint density at radius 3 is 1.17 bits per heavy atom. The van der Waals surface area contributed by atoms with Gasteiger partial charge >= 0.3 is 0 Å². The first kappa shape index (κ1) is 15.7. The van der Waals surface area contributed by atoms with Crippen LogP contribution in [0.25, 0.3) is 0 Å². The van der Waals surface area contributed by atoms with E-state index in [4.69, 9.17) is 23.2 Å². The van der Waals surface area contributed by atoms with Gasteiger partial charge in [-0.25, -0.2) is 0 Å². The van der Waals surface area contributed by atoms with Crippen LogP contribution in [0.15, 0.2) is 48.5 Å². The third kappa shape index (κ3) is 4.17. The summed E-state index contributed by atoms with van der Waals surface area (Å²) in [7, 11) is 0. The van der Waals surface area contributed by atoms with Crippen molar-refractivity contribution in [3.05, 3.63) is 58.6 Å². The maximum atomic E-state index is 5.92. The Kier molecular flexibility index (Phi) is 6.44. The second-order valence-electron chi connectivity index (χ2n) is 3.47. The molecule has 2 atom stereocenters. The summed E-state index contributed by atoms with van der Waals surface area (Å²) in [4.78, 5) is 0. The predicted octanol–water partition coefficient (Wildman–Crippen LogP) is 6.52. The molecule has 0 amide bonds. The molecule has 0 aliphatic carbocycles. The molecule has 0 bridgehead atoms. The third-order valence-corrected chi connectivity index (χ3v) is 25.3. The molecule has 0 aliphatic rings. The molecule has 0 spiro atoms. The minimum Gasteiger partial charge on any atom is -0.0843 e. The van der Waals surface area contributed by atoms with E-state index in [0.717, 1.165) is 10.0 Å². The van der Waals surface area contributed by atoms with Gasteiger partial charge in [0.15, 0.2) is 0 Å². The van der Waals surface area contributed by atoms with Crippen LogP contribution >= 0.6 is 77.8 Å². The molecule has 2 rings (SSSR count). The quantitative estimate of drug-likeness (QED) is 0.308. The molecular weight excluding hydrogens is 531 g/mol. The van der Waals surface area contributed by atoms with E-state index in [1.165, 1.54) is 10.6 Å². The Hall–Kier alpha value is 1.34. The summed E-state index contributed by atoms with van der Waals surface area (Å²) in [5.41, 5.74) is 0. The molecule has 0 N–H and O–H groups in total. The van der Waals surface area contributed by atoms with Crippen molar-refractivity contribution < 1.29 is 0 Å². The molecule has 0 radical (unpaired) electrons. The van der Waals surface area contributed by atoms with Crippen molar-refractivity contribution in [2.75, 3.05) is 0 Å². The molecule has 2 aromatic rings. The van der Waals surface area contributed by atoms with Crippen LogP contribution in [0.4, 0.5) is 0 Å². The summed E-state index contributed by atoms with van der Waals surface area (Å²) in [6.45, 7) is 0. The monoisotopic (exact) mass is 538 g/mol. The van der Waals surface area contributed by atoms with Crippen LogP contribution in [-0.2, 0) is 0 Å². The lowest BCUT2D eigenvalue weighted by Gasteiger charge is -2.18. The third-order valence-electron chi connectivity index (χ3n) is 2.23. The summed E-state index contributed by atoms with van der Waals surface area (Å²) in [6.07, 6.45) is 0. The van der Waals surface area contributed by atoms with Gasteiger partial charge < -0.3 is 0 Å². The van der Waals surface area contributed by atoms with E-state index in [-0.39, 0.29) is 10.5 Å². The van der Waals surface area contributed by atoms with Crippen molar-refractivity contribution in [3.8, 4) is 0 Å². The lowest BCUT2D eigenvalue weighted by molar-refractivity contribution is 1.77. The number of halogens is 4. The SMILES string of the molecule is Clc1ccc(P(I)P(I)c2ccc(Cl)cc2)cc1. The summed E-state index contributed by atoms with van der Waals surface area (Å²) in [5.74, 6) is 0. The van der Waals surface area contributed by atoms with Gasteiger partial charge in [-0.1, -0.05) is 47.5 Å². The molecular formula is C12H8Cl2I2P2. The van der Waals surface area contributed by atoms with Gasteiger partial charge in [0.1, 0.15) is 0 Å². The summed E-state index contributed by atoms with van der Waals surface area (Å²) in [6, 6.07) is 16.4. The molecule has 0 aliphatic heterocycles. The molecule has 0 heterocycles. The minimum absolute atomic E-state index is 0.215. The van der Waals surface area contributed by atoms with Gasteiger partial charge in [-0.2, -0.15) is 0 Å². The summed E-state index contributed by atoms with van der Waals surface area (Å²) >= 11 is 17.0. The van der Waals surface area contributed by atoms with E-state index < -0.39 is 0 Å². The Bertz CT molecular complexity index is 467. The maximum Gasteiger partial charge on any atom is 0.0406 e. The molecule has 2 unspecified atom stereocenters. The van der Waals surface area contributed by atoms with Crippen molar-refractivity contribution in [2.45, 2.75) is 0 Å². The van der Waals surface area contributed by atoms with Crippen LogP contribution in [0.3, 0.4) is 0 Å². The van der Waals surface area contributed by atoms with Gasteiger partial charge in [0.2, 0.25) is 0 Å². The number of benzene rings is 2. The maximum absolute atomic E-state index is 5.92. The number of rotatable bonds is 3. The molecule has 0 saturated heterocycles. The number of hydrogen-bond acceptors (Lipinski definition) is 0. The normalized spacial score (nSPS) is 14.2. The highest BCUT2D eigenvalue weighted by molar-refractivity contribution is 14.2. The summed E-state index contributed by atoms with van der Waals surface area (Å²) < 4.78 is 0. The molecule has 0 aromatic heterocycles. The molecule has 2 aromatic carbocycles. The van der Waals surface area contributed by atoms with Crippen LogP contribution in [0.1, 0.15) is 0 Å². The topological polar surface area (TPSA) is 0 Å².